The smallest absolute Gasteiger partial charge is 0.312 e. The van der Waals surface area contributed by atoms with Gasteiger partial charge in [0.25, 0.3) is 0 Å². The normalized spacial score (nSPS) is 16.6. The Morgan fingerprint density at radius 2 is 1.67 bits per heavy atom. The van der Waals surface area contributed by atoms with Crippen LogP contribution in [0.15, 0.2) is 66.7 Å². The number of methoxy groups -OCH3 is 2. The average Bonchev–Trinajstić information content (AvgIpc) is 3.47. The zero-order valence-electron chi connectivity index (χ0n) is 22.9. The quantitative estimate of drug-likeness (QED) is 0.287. The van der Waals surface area contributed by atoms with Gasteiger partial charge < -0.3 is 24.3 Å². The molecule has 0 spiro atoms. The van der Waals surface area contributed by atoms with E-state index in [2.05, 4.69) is 42.7 Å². The third-order valence-corrected chi connectivity index (χ3v) is 9.05. The molecule has 1 saturated carbocycles. The number of fused-ring (bicyclic) bond motifs is 1. The Bertz CT molecular complexity index is 1490. The molecule has 3 aromatic carbocycles. The molecule has 3 aromatic rings. The first kappa shape index (κ1) is 26.9. The molecule has 0 atom stereocenters. The summed E-state index contributed by atoms with van der Waals surface area (Å²) >= 11 is 0. The van der Waals surface area contributed by atoms with Gasteiger partial charge in [0.2, 0.25) is 0 Å². The highest BCUT2D eigenvalue weighted by Gasteiger charge is 2.31. The van der Waals surface area contributed by atoms with Crippen molar-refractivity contribution in [3.8, 4) is 28.4 Å². The molecule has 0 radical (unpaired) electrons. The van der Waals surface area contributed by atoms with Crippen LogP contribution in [0.3, 0.4) is 0 Å². The van der Waals surface area contributed by atoms with E-state index >= 15 is 0 Å². The summed E-state index contributed by atoms with van der Waals surface area (Å²) in [6, 6.07) is 19.4. The molecule has 1 aliphatic heterocycles. The minimum atomic E-state index is -3.67. The van der Waals surface area contributed by atoms with E-state index in [4.69, 9.17) is 13.7 Å². The highest BCUT2D eigenvalue weighted by molar-refractivity contribution is 7.87. The van der Waals surface area contributed by atoms with E-state index in [1.807, 2.05) is 36.4 Å². The van der Waals surface area contributed by atoms with Gasteiger partial charge in [0.05, 0.1) is 30.7 Å². The van der Waals surface area contributed by atoms with Crippen molar-refractivity contribution in [2.45, 2.75) is 50.3 Å². The van der Waals surface area contributed by atoms with Crippen LogP contribution in [0.2, 0.25) is 0 Å². The maximum Gasteiger partial charge on any atom is 0.312 e. The maximum atomic E-state index is 12.7. The Balaban J connectivity index is 1.44. The predicted octanol–water partition coefficient (Wildman–Crippen LogP) is 6.72. The molecule has 0 unspecified atom stereocenters. The molecule has 1 fully saturated rings. The van der Waals surface area contributed by atoms with Gasteiger partial charge in [-0.15, -0.1) is 0 Å². The van der Waals surface area contributed by atoms with Gasteiger partial charge in [0.1, 0.15) is 17.2 Å². The van der Waals surface area contributed by atoms with Gasteiger partial charge in [-0.2, -0.15) is 8.42 Å². The van der Waals surface area contributed by atoms with Gasteiger partial charge in [-0.25, -0.2) is 0 Å². The van der Waals surface area contributed by atoms with Crippen LogP contribution in [0.25, 0.3) is 16.7 Å². The highest BCUT2D eigenvalue weighted by Crippen LogP contribution is 2.40. The van der Waals surface area contributed by atoms with Crippen molar-refractivity contribution in [1.29, 1.82) is 0 Å². The lowest BCUT2D eigenvalue weighted by atomic mass is 9.88. The lowest BCUT2D eigenvalue weighted by Gasteiger charge is -2.33. The van der Waals surface area contributed by atoms with Crippen LogP contribution < -0.4 is 24.3 Å². The van der Waals surface area contributed by atoms with Crippen molar-refractivity contribution in [2.24, 2.45) is 0 Å². The number of anilines is 2. The van der Waals surface area contributed by atoms with E-state index in [-0.39, 0.29) is 11.3 Å². The number of benzene rings is 3. The van der Waals surface area contributed by atoms with Crippen molar-refractivity contribution < 1.29 is 22.1 Å². The Kier molecular flexibility index (Phi) is 7.49. The summed E-state index contributed by atoms with van der Waals surface area (Å²) < 4.78 is 42.1. The fourth-order valence-electron chi connectivity index (χ4n) is 5.45. The van der Waals surface area contributed by atoms with Crippen LogP contribution in [0.5, 0.6) is 17.2 Å². The number of ether oxygens (including phenoxy) is 2. The zero-order valence-corrected chi connectivity index (χ0v) is 23.7. The molecule has 206 valence electrons. The third-order valence-electron chi connectivity index (χ3n) is 7.34. The van der Waals surface area contributed by atoms with Crippen LogP contribution in [0.1, 0.15) is 45.1 Å². The first-order valence-electron chi connectivity index (χ1n) is 13.3. The monoisotopic (exact) mass is 548 g/mol. The summed E-state index contributed by atoms with van der Waals surface area (Å²) in [5.41, 5.74) is 5.81. The van der Waals surface area contributed by atoms with E-state index in [0.717, 1.165) is 52.2 Å². The van der Waals surface area contributed by atoms with Crippen LogP contribution >= 0.6 is 0 Å². The highest BCUT2D eigenvalue weighted by atomic mass is 32.2. The van der Waals surface area contributed by atoms with E-state index < -0.39 is 15.4 Å². The molecule has 1 heterocycles. The summed E-state index contributed by atoms with van der Waals surface area (Å²) in [7, 11) is -0.416. The minimum Gasteiger partial charge on any atom is -0.496 e. The Hall–Kier alpha value is -3.65. The van der Waals surface area contributed by atoms with Gasteiger partial charge in [-0.05, 0) is 74.2 Å². The second-order valence-electron chi connectivity index (χ2n) is 10.7. The number of para-hydroxylation sites is 2. The molecule has 2 N–H and O–H groups in total. The fraction of sp³-hybridized carbons (Fsp3) is 0.355. The molecule has 0 aromatic heterocycles. The summed E-state index contributed by atoms with van der Waals surface area (Å²) in [5.74, 6) is 1.61. The van der Waals surface area contributed by atoms with Gasteiger partial charge in [0.15, 0.2) is 0 Å². The number of hydrogen-bond donors (Lipinski definition) is 2. The molecular formula is C31H36N2O5S. The summed E-state index contributed by atoms with van der Waals surface area (Å²) in [4.78, 5) is 0. The largest absolute Gasteiger partial charge is 0.496 e. The SMILES string of the molecule is COc1ccccc1NCC1=CC(C)(C)Nc2ccc(-c3ccc(OS(=O)(=O)C4CCCC4)cc3OC)cc21. The average molecular weight is 549 g/mol. The van der Waals surface area contributed by atoms with Crippen molar-refractivity contribution in [3.63, 3.8) is 0 Å². The van der Waals surface area contributed by atoms with Crippen LogP contribution in [0.4, 0.5) is 11.4 Å². The second-order valence-corrected chi connectivity index (χ2v) is 12.5. The Morgan fingerprint density at radius 3 is 2.41 bits per heavy atom. The Morgan fingerprint density at radius 1 is 0.923 bits per heavy atom. The fourth-order valence-corrected chi connectivity index (χ4v) is 6.87. The number of rotatable bonds is 9. The first-order valence-corrected chi connectivity index (χ1v) is 14.8. The van der Waals surface area contributed by atoms with Gasteiger partial charge in [0, 0.05) is 29.4 Å². The molecule has 0 bridgehead atoms. The van der Waals surface area contributed by atoms with Gasteiger partial charge in [-0.3, -0.25) is 0 Å². The number of nitrogens with one attached hydrogen (secondary N) is 2. The molecule has 5 rings (SSSR count). The summed E-state index contributed by atoms with van der Waals surface area (Å²) in [6.07, 6.45) is 5.39. The molecule has 7 nitrogen and oxygen atoms in total. The molecule has 0 amide bonds. The van der Waals surface area contributed by atoms with Crippen LogP contribution in [-0.4, -0.2) is 40.0 Å². The van der Waals surface area contributed by atoms with Crippen molar-refractivity contribution in [1.82, 2.24) is 0 Å². The second kappa shape index (κ2) is 10.8. The molecule has 0 saturated heterocycles. The third kappa shape index (κ3) is 5.86. The van der Waals surface area contributed by atoms with Gasteiger partial charge in [-0.1, -0.05) is 37.1 Å². The van der Waals surface area contributed by atoms with Gasteiger partial charge >= 0.3 is 10.1 Å². The van der Waals surface area contributed by atoms with Crippen molar-refractivity contribution in [3.05, 3.63) is 72.3 Å². The lowest BCUT2D eigenvalue weighted by Crippen LogP contribution is -2.32. The summed E-state index contributed by atoms with van der Waals surface area (Å²) in [5, 5.41) is 6.70. The zero-order chi connectivity index (χ0) is 27.6. The van der Waals surface area contributed by atoms with E-state index in [1.165, 1.54) is 0 Å². The molecule has 1 aliphatic carbocycles. The van der Waals surface area contributed by atoms with Crippen molar-refractivity contribution >= 4 is 27.1 Å². The van der Waals surface area contributed by atoms with Crippen LogP contribution in [0, 0.1) is 0 Å². The topological polar surface area (TPSA) is 85.9 Å². The molecule has 39 heavy (non-hydrogen) atoms. The Labute approximate surface area is 231 Å². The maximum absolute atomic E-state index is 12.7. The van der Waals surface area contributed by atoms with E-state index in [1.54, 1.807) is 26.4 Å². The standard InChI is InChI=1S/C31H36N2O5S/c1-31(2)19-22(20-32-28-11-7-8-12-29(28)36-3)26-17-21(13-16-27(26)33-31)25-15-14-23(18-30(25)37-4)38-39(34,35)24-9-5-6-10-24/h7-8,11-19,24,32-33H,5-6,9-10,20H2,1-4H3. The van der Waals surface area contributed by atoms with Crippen LogP contribution in [-0.2, 0) is 10.1 Å². The predicted molar refractivity (Wildman–Crippen MR) is 157 cm³/mol. The minimum absolute atomic E-state index is 0.214. The lowest BCUT2D eigenvalue weighted by molar-refractivity contribution is 0.412. The molecule has 8 heteroatoms. The van der Waals surface area contributed by atoms with E-state index in [0.29, 0.717) is 25.1 Å². The van der Waals surface area contributed by atoms with E-state index in [9.17, 15) is 8.42 Å². The first-order chi connectivity index (χ1) is 18.7. The van der Waals surface area contributed by atoms with Crippen molar-refractivity contribution in [2.75, 3.05) is 31.4 Å². The summed E-state index contributed by atoms with van der Waals surface area (Å²) in [6.45, 7) is 4.91. The molecular weight excluding hydrogens is 512 g/mol. The number of hydrogen-bond acceptors (Lipinski definition) is 7. The molecule has 2 aliphatic rings.